The lowest BCUT2D eigenvalue weighted by Gasteiger charge is -2.07. The average Bonchev–Trinajstić information content (AvgIpc) is 2.10. The van der Waals surface area contributed by atoms with Gasteiger partial charge in [-0.1, -0.05) is 13.8 Å². The Hall–Kier alpha value is -1.04. The molecule has 1 atom stereocenters. The lowest BCUT2D eigenvalue weighted by molar-refractivity contribution is -0.122. The molecule has 1 unspecified atom stereocenters. The molecule has 1 amide bonds. The summed E-state index contributed by atoms with van der Waals surface area (Å²) in [6.45, 7) is 6.60. The maximum Gasteiger partial charge on any atom is 0.237 e. The zero-order valence-corrected chi connectivity index (χ0v) is 8.63. The Balaban J connectivity index is 3.44. The largest absolute Gasteiger partial charge is 0.355 e. The predicted molar refractivity (Wildman–Crippen MR) is 51.9 cm³/mol. The number of nitriles is 1. The molecule has 0 saturated carbocycles. The zero-order valence-electron chi connectivity index (χ0n) is 8.63. The normalized spacial score (nSPS) is 12.2. The van der Waals surface area contributed by atoms with E-state index in [2.05, 4.69) is 19.2 Å². The molecule has 3 heteroatoms. The molecule has 0 aliphatic carbocycles. The third-order valence-electron chi connectivity index (χ3n) is 1.84. The van der Waals surface area contributed by atoms with Crippen LogP contribution in [0.2, 0.25) is 0 Å². The molecule has 0 bridgehead atoms. The summed E-state index contributed by atoms with van der Waals surface area (Å²) in [7, 11) is 0. The first-order valence-electron chi connectivity index (χ1n) is 4.75. The fraction of sp³-hybridized carbons (Fsp3) is 0.800. The molecule has 0 fully saturated rings. The van der Waals surface area contributed by atoms with Gasteiger partial charge in [-0.05, 0) is 25.7 Å². The van der Waals surface area contributed by atoms with Crippen LogP contribution in [0.25, 0.3) is 0 Å². The van der Waals surface area contributed by atoms with Crippen molar-refractivity contribution in [2.45, 2.75) is 33.6 Å². The second-order valence-corrected chi connectivity index (χ2v) is 3.68. The SMILES string of the molecule is CC(C)CCCNC(=O)C(C)C#N. The van der Waals surface area contributed by atoms with E-state index in [4.69, 9.17) is 5.26 Å². The van der Waals surface area contributed by atoms with E-state index in [9.17, 15) is 4.79 Å². The number of hydrogen-bond donors (Lipinski definition) is 1. The molecule has 0 aromatic heterocycles. The van der Waals surface area contributed by atoms with Crippen molar-refractivity contribution in [3.05, 3.63) is 0 Å². The topological polar surface area (TPSA) is 52.9 Å². The summed E-state index contributed by atoms with van der Waals surface area (Å²) in [6.07, 6.45) is 2.10. The molecule has 0 aromatic carbocycles. The second kappa shape index (κ2) is 6.47. The number of rotatable bonds is 5. The van der Waals surface area contributed by atoms with E-state index < -0.39 is 5.92 Å². The van der Waals surface area contributed by atoms with Crippen LogP contribution in [0, 0.1) is 23.2 Å². The molecule has 1 N–H and O–H groups in total. The van der Waals surface area contributed by atoms with Crippen LogP contribution in [0.3, 0.4) is 0 Å². The summed E-state index contributed by atoms with van der Waals surface area (Å²) in [4.78, 5) is 11.1. The third kappa shape index (κ3) is 6.15. The smallest absolute Gasteiger partial charge is 0.237 e. The summed E-state index contributed by atoms with van der Waals surface area (Å²) in [5.74, 6) is -0.0180. The quantitative estimate of drug-likeness (QED) is 0.658. The van der Waals surface area contributed by atoms with Crippen molar-refractivity contribution in [2.75, 3.05) is 6.54 Å². The van der Waals surface area contributed by atoms with Gasteiger partial charge in [0, 0.05) is 6.54 Å². The highest BCUT2D eigenvalue weighted by atomic mass is 16.1. The molecule has 0 rings (SSSR count). The van der Waals surface area contributed by atoms with Gasteiger partial charge in [0.2, 0.25) is 5.91 Å². The maximum absolute atomic E-state index is 11.1. The van der Waals surface area contributed by atoms with Crippen LogP contribution in [0.4, 0.5) is 0 Å². The van der Waals surface area contributed by atoms with Gasteiger partial charge >= 0.3 is 0 Å². The Bertz CT molecular complexity index is 194. The summed E-state index contributed by atoms with van der Waals surface area (Å²) in [5, 5.41) is 11.2. The summed E-state index contributed by atoms with van der Waals surface area (Å²) in [5.41, 5.74) is 0. The first-order chi connectivity index (χ1) is 6.07. The van der Waals surface area contributed by atoms with Gasteiger partial charge in [-0.3, -0.25) is 4.79 Å². The number of nitrogens with one attached hydrogen (secondary N) is 1. The predicted octanol–water partition coefficient (Wildman–Crippen LogP) is 1.70. The van der Waals surface area contributed by atoms with Crippen molar-refractivity contribution in [1.82, 2.24) is 5.32 Å². The van der Waals surface area contributed by atoms with Gasteiger partial charge < -0.3 is 5.32 Å². The summed E-state index contributed by atoms with van der Waals surface area (Å²) in [6, 6.07) is 1.90. The Kier molecular flexibility index (Phi) is 5.96. The van der Waals surface area contributed by atoms with Crippen LogP contribution in [0.5, 0.6) is 0 Å². The molecule has 0 heterocycles. The molecule has 74 valence electrons. The monoisotopic (exact) mass is 182 g/mol. The van der Waals surface area contributed by atoms with E-state index in [1.165, 1.54) is 0 Å². The van der Waals surface area contributed by atoms with E-state index in [0.29, 0.717) is 12.5 Å². The lowest BCUT2D eigenvalue weighted by Crippen LogP contribution is -2.29. The molecule has 0 aromatic rings. The Morgan fingerprint density at radius 3 is 2.54 bits per heavy atom. The fourth-order valence-electron chi connectivity index (χ4n) is 0.934. The van der Waals surface area contributed by atoms with E-state index in [1.807, 2.05) is 6.07 Å². The van der Waals surface area contributed by atoms with Gasteiger partial charge in [-0.15, -0.1) is 0 Å². The first-order valence-corrected chi connectivity index (χ1v) is 4.75. The van der Waals surface area contributed by atoms with Crippen molar-refractivity contribution in [2.24, 2.45) is 11.8 Å². The number of amides is 1. The summed E-state index contributed by atoms with van der Waals surface area (Å²) >= 11 is 0. The lowest BCUT2D eigenvalue weighted by atomic mass is 10.1. The van der Waals surface area contributed by atoms with Gasteiger partial charge in [0.25, 0.3) is 0 Å². The maximum atomic E-state index is 11.1. The van der Waals surface area contributed by atoms with Crippen molar-refractivity contribution < 1.29 is 4.79 Å². The van der Waals surface area contributed by atoms with Gasteiger partial charge in [-0.25, -0.2) is 0 Å². The molecule has 0 radical (unpaired) electrons. The average molecular weight is 182 g/mol. The van der Waals surface area contributed by atoms with Gasteiger partial charge in [-0.2, -0.15) is 5.26 Å². The summed E-state index contributed by atoms with van der Waals surface area (Å²) < 4.78 is 0. The van der Waals surface area contributed by atoms with Crippen LogP contribution >= 0.6 is 0 Å². The van der Waals surface area contributed by atoms with E-state index in [0.717, 1.165) is 12.8 Å². The molecule has 0 spiro atoms. The molecule has 0 aliphatic rings. The highest BCUT2D eigenvalue weighted by molar-refractivity contribution is 5.80. The Morgan fingerprint density at radius 2 is 2.08 bits per heavy atom. The van der Waals surface area contributed by atoms with E-state index in [-0.39, 0.29) is 5.91 Å². The molecule has 0 saturated heterocycles. The van der Waals surface area contributed by atoms with Crippen molar-refractivity contribution in [1.29, 1.82) is 5.26 Å². The van der Waals surface area contributed by atoms with Gasteiger partial charge in [0.05, 0.1) is 6.07 Å². The van der Waals surface area contributed by atoms with Crippen LogP contribution in [-0.2, 0) is 4.79 Å². The zero-order chi connectivity index (χ0) is 10.3. The van der Waals surface area contributed by atoms with E-state index >= 15 is 0 Å². The minimum atomic E-state index is -0.529. The Morgan fingerprint density at radius 1 is 1.46 bits per heavy atom. The fourth-order valence-corrected chi connectivity index (χ4v) is 0.934. The minimum absolute atomic E-state index is 0.161. The van der Waals surface area contributed by atoms with Crippen LogP contribution in [-0.4, -0.2) is 12.5 Å². The number of carbonyl (C=O) groups is 1. The molecular formula is C10H18N2O. The molecular weight excluding hydrogens is 164 g/mol. The number of hydrogen-bond acceptors (Lipinski definition) is 2. The third-order valence-corrected chi connectivity index (χ3v) is 1.84. The Labute approximate surface area is 80.1 Å². The highest BCUT2D eigenvalue weighted by Crippen LogP contribution is 2.02. The van der Waals surface area contributed by atoms with Crippen molar-refractivity contribution >= 4 is 5.91 Å². The highest BCUT2D eigenvalue weighted by Gasteiger charge is 2.09. The molecule has 13 heavy (non-hydrogen) atoms. The second-order valence-electron chi connectivity index (χ2n) is 3.68. The number of nitrogens with zero attached hydrogens (tertiary/aromatic N) is 1. The van der Waals surface area contributed by atoms with Crippen LogP contribution in [0.1, 0.15) is 33.6 Å². The first kappa shape index (κ1) is 12.0. The van der Waals surface area contributed by atoms with Crippen LogP contribution in [0.15, 0.2) is 0 Å². The standard InChI is InChI=1S/C10H18N2O/c1-8(2)5-4-6-12-10(13)9(3)7-11/h8-9H,4-6H2,1-3H3,(H,12,13). The number of carbonyl (C=O) groups excluding carboxylic acids is 1. The van der Waals surface area contributed by atoms with E-state index in [1.54, 1.807) is 6.92 Å². The minimum Gasteiger partial charge on any atom is -0.355 e. The van der Waals surface area contributed by atoms with Crippen LogP contribution < -0.4 is 5.32 Å². The van der Waals surface area contributed by atoms with Gasteiger partial charge in [0.1, 0.15) is 5.92 Å². The van der Waals surface area contributed by atoms with Gasteiger partial charge in [0.15, 0.2) is 0 Å². The van der Waals surface area contributed by atoms with Crippen molar-refractivity contribution in [3.63, 3.8) is 0 Å². The molecule has 3 nitrogen and oxygen atoms in total. The molecule has 0 aliphatic heterocycles. The van der Waals surface area contributed by atoms with Crippen molar-refractivity contribution in [3.8, 4) is 6.07 Å².